The highest BCUT2D eigenvalue weighted by Gasteiger charge is 2.25. The normalized spacial score (nSPS) is 15.1. The molecule has 0 bridgehead atoms. The first-order chi connectivity index (χ1) is 15.0. The zero-order valence-corrected chi connectivity index (χ0v) is 18.7. The van der Waals surface area contributed by atoms with Gasteiger partial charge in [0.25, 0.3) is 0 Å². The van der Waals surface area contributed by atoms with Crippen molar-refractivity contribution in [1.82, 2.24) is 4.31 Å². The summed E-state index contributed by atoms with van der Waals surface area (Å²) in [6.07, 6.45) is 7.98. The van der Waals surface area contributed by atoms with E-state index in [2.05, 4.69) is 12.2 Å². The number of carbonyl (C=O) groups excluding carboxylic acids is 1. The first kappa shape index (κ1) is 23.0. The number of anilines is 1. The van der Waals surface area contributed by atoms with Crippen LogP contribution < -0.4 is 10.1 Å². The first-order valence-corrected chi connectivity index (χ1v) is 12.2. The molecule has 166 valence electrons. The van der Waals surface area contributed by atoms with Crippen molar-refractivity contribution < 1.29 is 17.9 Å². The minimum Gasteiger partial charge on any atom is -0.494 e. The smallest absolute Gasteiger partial charge is 0.243 e. The fourth-order valence-electron chi connectivity index (χ4n) is 3.34. The summed E-state index contributed by atoms with van der Waals surface area (Å²) in [5, 5.41) is 3.01. The number of sulfonamides is 1. The molecule has 1 N–H and O–H groups in total. The zero-order valence-electron chi connectivity index (χ0n) is 17.9. The number of carbonyl (C=O) groups is 1. The Morgan fingerprint density at radius 3 is 2.35 bits per heavy atom. The molecule has 0 radical (unpaired) electrons. The maximum atomic E-state index is 12.7. The second-order valence-corrected chi connectivity index (χ2v) is 9.50. The Hall–Kier alpha value is -2.64. The zero-order chi connectivity index (χ0) is 22.1. The highest BCUT2D eigenvalue weighted by molar-refractivity contribution is 7.89. The number of piperidine rings is 1. The molecule has 6 nitrogen and oxygen atoms in total. The van der Waals surface area contributed by atoms with E-state index in [1.807, 2.05) is 0 Å². The maximum Gasteiger partial charge on any atom is 0.243 e. The average Bonchev–Trinajstić information content (AvgIpc) is 2.80. The predicted octanol–water partition coefficient (Wildman–Crippen LogP) is 4.85. The Morgan fingerprint density at radius 1 is 1.03 bits per heavy atom. The van der Waals surface area contributed by atoms with E-state index >= 15 is 0 Å². The molecule has 7 heteroatoms. The Kier molecular flexibility index (Phi) is 8.26. The number of nitrogens with zero attached hydrogens (tertiary/aromatic N) is 1. The van der Waals surface area contributed by atoms with Gasteiger partial charge in [-0.2, -0.15) is 4.31 Å². The number of hydrogen-bond acceptors (Lipinski definition) is 5. The minimum atomic E-state index is -3.44. The van der Waals surface area contributed by atoms with E-state index < -0.39 is 10.0 Å². The lowest BCUT2D eigenvalue weighted by Gasteiger charge is -2.25. The van der Waals surface area contributed by atoms with E-state index in [0.29, 0.717) is 35.8 Å². The highest BCUT2D eigenvalue weighted by atomic mass is 32.2. The molecule has 0 unspecified atom stereocenters. The van der Waals surface area contributed by atoms with Crippen molar-refractivity contribution in [2.75, 3.05) is 25.0 Å². The molecule has 1 heterocycles. The number of benzene rings is 2. The largest absolute Gasteiger partial charge is 0.494 e. The molecule has 0 spiro atoms. The molecule has 31 heavy (non-hydrogen) atoms. The highest BCUT2D eigenvalue weighted by Crippen LogP contribution is 2.22. The van der Waals surface area contributed by atoms with E-state index in [1.54, 1.807) is 59.0 Å². The monoisotopic (exact) mass is 442 g/mol. The lowest BCUT2D eigenvalue weighted by atomic mass is 10.1. The van der Waals surface area contributed by atoms with Crippen molar-refractivity contribution in [3.8, 4) is 5.75 Å². The van der Waals surface area contributed by atoms with Gasteiger partial charge >= 0.3 is 0 Å². The molecular formula is C24H30N2O4S. The topological polar surface area (TPSA) is 75.7 Å². The van der Waals surface area contributed by atoms with Gasteiger partial charge in [0.05, 0.1) is 11.5 Å². The van der Waals surface area contributed by atoms with Gasteiger partial charge in [-0.15, -0.1) is 0 Å². The molecule has 0 aliphatic carbocycles. The summed E-state index contributed by atoms with van der Waals surface area (Å²) in [7, 11) is -3.44. The van der Waals surface area contributed by atoms with Gasteiger partial charge in [-0.05, 0) is 67.8 Å². The Bertz CT molecular complexity index is 977. The number of rotatable bonds is 10. The fraction of sp³-hybridized carbons (Fsp3) is 0.375. The summed E-state index contributed by atoms with van der Waals surface area (Å²) >= 11 is 0. The van der Waals surface area contributed by atoms with Gasteiger partial charge in [0.2, 0.25) is 10.0 Å². The predicted molar refractivity (Wildman–Crippen MR) is 123 cm³/mol. The molecule has 1 saturated heterocycles. The van der Waals surface area contributed by atoms with Gasteiger partial charge < -0.3 is 10.1 Å². The molecule has 0 aromatic heterocycles. The lowest BCUT2D eigenvalue weighted by Crippen LogP contribution is -2.35. The van der Waals surface area contributed by atoms with Gasteiger partial charge in [0.15, 0.2) is 5.78 Å². The van der Waals surface area contributed by atoms with Crippen molar-refractivity contribution in [3.05, 3.63) is 66.4 Å². The third kappa shape index (κ3) is 6.42. The van der Waals surface area contributed by atoms with Crippen LogP contribution in [-0.4, -0.2) is 38.2 Å². The molecule has 2 aromatic rings. The molecule has 0 atom stereocenters. The van der Waals surface area contributed by atoms with Crippen molar-refractivity contribution in [3.63, 3.8) is 0 Å². The average molecular weight is 443 g/mol. The SMILES string of the molecule is CCCCOc1ccc(C(=O)C=CNc2ccc(S(=O)(=O)N3CCCCC3)cc2)cc1. The van der Waals surface area contributed by atoms with Gasteiger partial charge in [-0.1, -0.05) is 19.8 Å². The second kappa shape index (κ2) is 11.1. The van der Waals surface area contributed by atoms with Crippen LogP contribution in [0.4, 0.5) is 5.69 Å². The standard InChI is InChI=1S/C24H30N2O4S/c1-2-3-19-30-22-11-7-20(8-12-22)24(27)15-16-25-21-9-13-23(14-10-21)31(28,29)26-17-5-4-6-18-26/h7-16,25H,2-6,17-19H2,1H3. The molecule has 1 aliphatic rings. The number of unbranched alkanes of at least 4 members (excludes halogenated alkanes) is 1. The van der Waals surface area contributed by atoms with Crippen LogP contribution in [0.15, 0.2) is 65.7 Å². The molecule has 3 rings (SSSR count). The maximum absolute atomic E-state index is 12.7. The Balaban J connectivity index is 1.54. The van der Waals surface area contributed by atoms with Crippen molar-refractivity contribution in [1.29, 1.82) is 0 Å². The van der Waals surface area contributed by atoms with Gasteiger partial charge in [-0.25, -0.2) is 8.42 Å². The van der Waals surface area contributed by atoms with Crippen LogP contribution >= 0.6 is 0 Å². The minimum absolute atomic E-state index is 0.128. The molecule has 1 aliphatic heterocycles. The lowest BCUT2D eigenvalue weighted by molar-refractivity contribution is 0.104. The molecular weight excluding hydrogens is 412 g/mol. The molecule has 0 amide bonds. The summed E-state index contributed by atoms with van der Waals surface area (Å²) in [6.45, 7) is 3.95. The van der Waals surface area contributed by atoms with Crippen LogP contribution in [0.3, 0.4) is 0 Å². The summed E-state index contributed by atoms with van der Waals surface area (Å²) in [5.74, 6) is 0.628. The molecule has 2 aromatic carbocycles. The van der Waals surface area contributed by atoms with Crippen molar-refractivity contribution in [2.24, 2.45) is 0 Å². The van der Waals surface area contributed by atoms with E-state index in [1.165, 1.54) is 6.08 Å². The van der Waals surface area contributed by atoms with E-state index in [4.69, 9.17) is 4.74 Å². The van der Waals surface area contributed by atoms with Crippen LogP contribution in [0.2, 0.25) is 0 Å². The molecule has 0 saturated carbocycles. The third-order valence-corrected chi connectivity index (χ3v) is 7.11. The third-order valence-electron chi connectivity index (χ3n) is 5.20. The van der Waals surface area contributed by atoms with Gasteiger partial charge in [0.1, 0.15) is 5.75 Å². The number of ketones is 1. The summed E-state index contributed by atoms with van der Waals surface area (Å²) in [5.41, 5.74) is 1.28. The van der Waals surface area contributed by atoms with Crippen molar-refractivity contribution >= 4 is 21.5 Å². The quantitative estimate of drug-likeness (QED) is 0.323. The second-order valence-electron chi connectivity index (χ2n) is 7.56. The number of nitrogens with one attached hydrogen (secondary N) is 1. The summed E-state index contributed by atoms with van der Waals surface area (Å²) in [6, 6.07) is 13.7. The van der Waals surface area contributed by atoms with Crippen LogP contribution in [-0.2, 0) is 10.0 Å². The fourth-order valence-corrected chi connectivity index (χ4v) is 4.85. The Labute approximate surface area is 185 Å². The van der Waals surface area contributed by atoms with Crippen molar-refractivity contribution in [2.45, 2.75) is 43.9 Å². The number of hydrogen-bond donors (Lipinski definition) is 1. The van der Waals surface area contributed by atoms with Crippen LogP contribution in [0.1, 0.15) is 49.4 Å². The van der Waals surface area contributed by atoms with Crippen LogP contribution in [0, 0.1) is 0 Å². The van der Waals surface area contributed by atoms with Gasteiger partial charge in [0, 0.05) is 36.6 Å². The Morgan fingerprint density at radius 2 is 1.71 bits per heavy atom. The van der Waals surface area contributed by atoms with Crippen LogP contribution in [0.25, 0.3) is 0 Å². The number of allylic oxidation sites excluding steroid dienone is 1. The van der Waals surface area contributed by atoms with Crippen LogP contribution in [0.5, 0.6) is 5.75 Å². The van der Waals surface area contributed by atoms with Gasteiger partial charge in [-0.3, -0.25) is 4.79 Å². The first-order valence-electron chi connectivity index (χ1n) is 10.8. The summed E-state index contributed by atoms with van der Waals surface area (Å²) in [4.78, 5) is 12.6. The van der Waals surface area contributed by atoms with E-state index in [9.17, 15) is 13.2 Å². The number of ether oxygens (including phenoxy) is 1. The van der Waals surface area contributed by atoms with E-state index in [-0.39, 0.29) is 5.78 Å². The van der Waals surface area contributed by atoms with E-state index in [0.717, 1.165) is 37.9 Å². The molecule has 1 fully saturated rings. The summed E-state index contributed by atoms with van der Waals surface area (Å²) < 4.78 is 32.5.